The zero-order valence-corrected chi connectivity index (χ0v) is 25.4. The number of benzene rings is 4. The standard InChI is InChI=1S/C21H20O.C10H14.C7H14/c1-21(17-9-5-3-6-10-17,18-11-7-4-8-12-18)19-13-15-20(22-2)16-14-19;1-10(2,3)9-7-5-4-6-8-9;1-7(2,3)6-4-5-6/h3-16H,1-2H3;4-8H,1-3H3;6H,4-5H2,1-3H3. The van der Waals surface area contributed by atoms with E-state index in [-0.39, 0.29) is 5.41 Å². The molecule has 0 aromatic heterocycles. The van der Waals surface area contributed by atoms with Crippen LogP contribution < -0.4 is 4.74 Å². The number of hydrogen-bond donors (Lipinski definition) is 0. The van der Waals surface area contributed by atoms with Gasteiger partial charge >= 0.3 is 0 Å². The van der Waals surface area contributed by atoms with Crippen molar-refractivity contribution in [3.05, 3.63) is 138 Å². The first-order valence-corrected chi connectivity index (χ1v) is 14.3. The van der Waals surface area contributed by atoms with E-state index in [2.05, 4.69) is 152 Å². The van der Waals surface area contributed by atoms with Crippen molar-refractivity contribution in [1.82, 2.24) is 0 Å². The lowest BCUT2D eigenvalue weighted by Gasteiger charge is -2.32. The Balaban J connectivity index is 0.000000202. The number of rotatable bonds is 4. The molecule has 1 nitrogen and oxygen atoms in total. The first-order chi connectivity index (χ1) is 18.5. The molecule has 0 amide bonds. The molecular weight excluding hydrogens is 472 g/mol. The van der Waals surface area contributed by atoms with Crippen molar-refractivity contribution in [3.8, 4) is 5.75 Å². The Bertz CT molecular complexity index is 1180. The molecule has 1 heteroatoms. The lowest BCUT2D eigenvalue weighted by molar-refractivity contribution is 0.351. The van der Waals surface area contributed by atoms with Gasteiger partial charge < -0.3 is 4.74 Å². The van der Waals surface area contributed by atoms with Crippen molar-refractivity contribution >= 4 is 0 Å². The monoisotopic (exact) mass is 520 g/mol. The van der Waals surface area contributed by atoms with Gasteiger partial charge in [0.05, 0.1) is 7.11 Å². The predicted octanol–water partition coefficient (Wildman–Crippen LogP) is 10.5. The van der Waals surface area contributed by atoms with Crippen molar-refractivity contribution in [1.29, 1.82) is 0 Å². The summed E-state index contributed by atoms with van der Waals surface area (Å²) in [6.07, 6.45) is 2.95. The third-order valence-corrected chi connectivity index (χ3v) is 7.81. The minimum atomic E-state index is -0.186. The highest BCUT2D eigenvalue weighted by atomic mass is 16.5. The predicted molar refractivity (Wildman–Crippen MR) is 169 cm³/mol. The van der Waals surface area contributed by atoms with Gasteiger partial charge in [0.15, 0.2) is 0 Å². The molecule has 1 aliphatic carbocycles. The number of hydrogen-bond acceptors (Lipinski definition) is 1. The van der Waals surface area contributed by atoms with Crippen LogP contribution >= 0.6 is 0 Å². The Hall–Kier alpha value is -3.32. The van der Waals surface area contributed by atoms with Gasteiger partial charge in [-0.15, -0.1) is 0 Å². The average Bonchev–Trinajstić information content (AvgIpc) is 3.81. The summed E-state index contributed by atoms with van der Waals surface area (Å²) >= 11 is 0. The second-order valence-electron chi connectivity index (χ2n) is 12.8. The van der Waals surface area contributed by atoms with E-state index in [1.54, 1.807) is 7.11 Å². The summed E-state index contributed by atoms with van der Waals surface area (Å²) in [6.45, 7) is 15.9. The number of ether oxygens (including phenoxy) is 1. The summed E-state index contributed by atoms with van der Waals surface area (Å²) in [4.78, 5) is 0. The van der Waals surface area contributed by atoms with Gasteiger partial charge in [-0.3, -0.25) is 0 Å². The molecule has 0 aliphatic heterocycles. The zero-order chi connectivity index (χ0) is 28.5. The van der Waals surface area contributed by atoms with Crippen LogP contribution in [0.5, 0.6) is 5.75 Å². The lowest BCUT2D eigenvalue weighted by Crippen LogP contribution is -2.25. The van der Waals surface area contributed by atoms with Gasteiger partial charge in [-0.25, -0.2) is 0 Å². The minimum absolute atomic E-state index is 0.186. The summed E-state index contributed by atoms with van der Waals surface area (Å²) in [7, 11) is 1.70. The van der Waals surface area contributed by atoms with Gasteiger partial charge in [0.1, 0.15) is 5.75 Å². The Morgan fingerprint density at radius 3 is 1.10 bits per heavy atom. The normalized spacial score (nSPS) is 13.3. The molecule has 1 saturated carbocycles. The Kier molecular flexibility index (Phi) is 10.2. The fourth-order valence-corrected chi connectivity index (χ4v) is 4.85. The summed E-state index contributed by atoms with van der Waals surface area (Å²) in [5.41, 5.74) is 5.94. The van der Waals surface area contributed by atoms with E-state index in [1.165, 1.54) is 35.1 Å². The molecule has 0 bridgehead atoms. The highest BCUT2D eigenvalue weighted by Gasteiger charge is 2.33. The van der Waals surface area contributed by atoms with Crippen LogP contribution in [-0.4, -0.2) is 7.11 Å². The van der Waals surface area contributed by atoms with Gasteiger partial charge in [0.2, 0.25) is 0 Å². The van der Waals surface area contributed by atoms with E-state index >= 15 is 0 Å². The van der Waals surface area contributed by atoms with E-state index in [0.717, 1.165) is 11.7 Å². The molecular formula is C38H48O. The number of methoxy groups -OCH3 is 1. The molecule has 0 saturated heterocycles. The van der Waals surface area contributed by atoms with Gasteiger partial charge in [0, 0.05) is 5.41 Å². The quantitative estimate of drug-likeness (QED) is 0.243. The van der Waals surface area contributed by atoms with Crippen LogP contribution in [0.3, 0.4) is 0 Å². The van der Waals surface area contributed by atoms with Gasteiger partial charge in [0.25, 0.3) is 0 Å². The van der Waals surface area contributed by atoms with Crippen LogP contribution in [0.1, 0.15) is 83.6 Å². The van der Waals surface area contributed by atoms with Gasteiger partial charge in [-0.05, 0) is 70.9 Å². The molecule has 0 unspecified atom stereocenters. The van der Waals surface area contributed by atoms with E-state index in [9.17, 15) is 0 Å². The Labute approximate surface area is 238 Å². The molecule has 5 rings (SSSR count). The second kappa shape index (κ2) is 13.2. The van der Waals surface area contributed by atoms with E-state index in [4.69, 9.17) is 4.74 Å². The van der Waals surface area contributed by atoms with E-state index in [1.807, 2.05) is 12.1 Å². The molecule has 0 heterocycles. The minimum Gasteiger partial charge on any atom is -0.497 e. The molecule has 39 heavy (non-hydrogen) atoms. The highest BCUT2D eigenvalue weighted by Crippen LogP contribution is 2.44. The fourth-order valence-electron chi connectivity index (χ4n) is 4.85. The maximum atomic E-state index is 5.29. The summed E-state index contributed by atoms with van der Waals surface area (Å²) in [5.74, 6) is 1.93. The molecule has 0 spiro atoms. The van der Waals surface area contributed by atoms with Gasteiger partial charge in [-0.1, -0.05) is 145 Å². The molecule has 0 atom stereocenters. The molecule has 0 N–H and O–H groups in total. The third kappa shape index (κ3) is 8.59. The van der Waals surface area contributed by atoms with Crippen LogP contribution in [0.15, 0.2) is 115 Å². The Morgan fingerprint density at radius 2 is 0.846 bits per heavy atom. The van der Waals surface area contributed by atoms with Crippen molar-refractivity contribution in [2.45, 2.75) is 72.1 Å². The van der Waals surface area contributed by atoms with Crippen LogP contribution in [0.2, 0.25) is 0 Å². The van der Waals surface area contributed by atoms with Crippen LogP contribution in [-0.2, 0) is 10.8 Å². The van der Waals surface area contributed by atoms with E-state index in [0.29, 0.717) is 10.8 Å². The first kappa shape index (κ1) is 30.2. The summed E-state index contributed by atoms with van der Waals surface area (Å²) in [6, 6.07) is 40.2. The smallest absolute Gasteiger partial charge is 0.118 e. The second-order valence-corrected chi connectivity index (χ2v) is 12.8. The van der Waals surface area contributed by atoms with Gasteiger partial charge in [-0.2, -0.15) is 0 Å². The zero-order valence-electron chi connectivity index (χ0n) is 25.4. The lowest BCUT2D eigenvalue weighted by atomic mass is 9.71. The molecule has 1 fully saturated rings. The Morgan fingerprint density at radius 1 is 0.487 bits per heavy atom. The van der Waals surface area contributed by atoms with Crippen molar-refractivity contribution in [3.63, 3.8) is 0 Å². The molecule has 1 aliphatic rings. The summed E-state index contributed by atoms with van der Waals surface area (Å²) < 4.78 is 5.29. The fraction of sp³-hybridized carbons (Fsp3) is 0.368. The third-order valence-electron chi connectivity index (χ3n) is 7.81. The van der Waals surface area contributed by atoms with Crippen molar-refractivity contribution in [2.75, 3.05) is 7.11 Å². The van der Waals surface area contributed by atoms with Crippen LogP contribution in [0.4, 0.5) is 0 Å². The molecule has 206 valence electrons. The van der Waals surface area contributed by atoms with Crippen LogP contribution in [0, 0.1) is 11.3 Å². The molecule has 4 aromatic rings. The van der Waals surface area contributed by atoms with E-state index < -0.39 is 0 Å². The SMILES string of the molecule is CC(C)(C)C1CC1.CC(C)(C)c1ccccc1.COc1ccc(C(C)(c2ccccc2)c2ccccc2)cc1. The van der Waals surface area contributed by atoms with Crippen LogP contribution in [0.25, 0.3) is 0 Å². The van der Waals surface area contributed by atoms with Crippen molar-refractivity contribution in [2.24, 2.45) is 11.3 Å². The molecule has 0 radical (unpaired) electrons. The maximum Gasteiger partial charge on any atom is 0.118 e. The van der Waals surface area contributed by atoms with Crippen molar-refractivity contribution < 1.29 is 4.74 Å². The average molecular weight is 521 g/mol. The first-order valence-electron chi connectivity index (χ1n) is 14.3. The summed E-state index contributed by atoms with van der Waals surface area (Å²) in [5, 5.41) is 0. The largest absolute Gasteiger partial charge is 0.497 e. The maximum absolute atomic E-state index is 5.29. The highest BCUT2D eigenvalue weighted by molar-refractivity contribution is 5.50. The topological polar surface area (TPSA) is 9.23 Å². The molecule has 4 aromatic carbocycles.